The molecule has 1 aromatic rings. The molecule has 1 saturated carbocycles. The highest BCUT2D eigenvalue weighted by Crippen LogP contribution is 2.23. The van der Waals surface area contributed by atoms with Gasteiger partial charge in [-0.25, -0.2) is 5.84 Å². The molecule has 2 rings (SSSR count). The third-order valence-corrected chi connectivity index (χ3v) is 4.07. The molecule has 0 spiro atoms. The quantitative estimate of drug-likeness (QED) is 0.358. The van der Waals surface area contributed by atoms with Gasteiger partial charge in [0, 0.05) is 14.5 Å². The number of benzene rings is 1. The fourth-order valence-electron chi connectivity index (χ4n) is 2.28. The first-order valence-corrected chi connectivity index (χ1v) is 7.78. The van der Waals surface area contributed by atoms with Crippen LogP contribution >= 0.6 is 31.9 Å². The molecular weight excluding hydrogens is 358 g/mol. The van der Waals surface area contributed by atoms with E-state index in [0.717, 1.165) is 20.3 Å². The molecule has 3 nitrogen and oxygen atoms in total. The van der Waals surface area contributed by atoms with Crippen molar-refractivity contribution in [2.45, 2.75) is 38.1 Å². The lowest BCUT2D eigenvalue weighted by atomic mass is 9.96. The molecular formula is C13H17Br2N3. The molecule has 1 aromatic carbocycles. The zero-order chi connectivity index (χ0) is 13.0. The van der Waals surface area contributed by atoms with E-state index in [0.29, 0.717) is 6.04 Å². The Morgan fingerprint density at radius 2 is 1.72 bits per heavy atom. The third-order valence-electron chi connectivity index (χ3n) is 3.16. The molecule has 0 aliphatic heterocycles. The second-order valence-electron chi connectivity index (χ2n) is 4.57. The molecule has 98 valence electrons. The van der Waals surface area contributed by atoms with Crippen molar-refractivity contribution < 1.29 is 0 Å². The Bertz CT molecular complexity index is 420. The molecule has 0 bridgehead atoms. The van der Waals surface area contributed by atoms with Crippen LogP contribution in [0.1, 0.15) is 37.7 Å². The Labute approximate surface area is 124 Å². The van der Waals surface area contributed by atoms with Gasteiger partial charge in [0.05, 0.1) is 6.04 Å². The molecule has 1 fully saturated rings. The number of nitrogens with one attached hydrogen (secondary N) is 1. The largest absolute Gasteiger partial charge is 0.308 e. The number of hydrogen-bond acceptors (Lipinski definition) is 2. The van der Waals surface area contributed by atoms with Gasteiger partial charge in [-0.2, -0.15) is 0 Å². The van der Waals surface area contributed by atoms with Crippen molar-refractivity contribution in [2.75, 3.05) is 0 Å². The number of rotatable bonds is 2. The summed E-state index contributed by atoms with van der Waals surface area (Å²) in [4.78, 5) is 4.75. The van der Waals surface area contributed by atoms with E-state index in [1.807, 2.05) is 18.2 Å². The molecule has 0 aromatic heterocycles. The van der Waals surface area contributed by atoms with Gasteiger partial charge in [0.2, 0.25) is 0 Å². The van der Waals surface area contributed by atoms with Gasteiger partial charge in [-0.3, -0.25) is 4.99 Å². The third kappa shape index (κ3) is 3.80. The average molecular weight is 375 g/mol. The highest BCUT2D eigenvalue weighted by molar-refractivity contribution is 9.11. The van der Waals surface area contributed by atoms with Crippen LogP contribution in [-0.4, -0.2) is 11.9 Å². The lowest BCUT2D eigenvalue weighted by molar-refractivity contribution is 0.442. The van der Waals surface area contributed by atoms with Crippen LogP contribution in [0.4, 0.5) is 0 Å². The number of nitrogens with two attached hydrogens (primary N) is 1. The van der Waals surface area contributed by atoms with E-state index in [4.69, 9.17) is 10.8 Å². The van der Waals surface area contributed by atoms with E-state index in [9.17, 15) is 0 Å². The monoisotopic (exact) mass is 373 g/mol. The number of halogens is 2. The van der Waals surface area contributed by atoms with Crippen molar-refractivity contribution in [1.82, 2.24) is 5.43 Å². The summed E-state index contributed by atoms with van der Waals surface area (Å²) >= 11 is 6.96. The zero-order valence-corrected chi connectivity index (χ0v) is 13.3. The summed E-state index contributed by atoms with van der Waals surface area (Å²) in [5.74, 6) is 6.38. The molecule has 3 N–H and O–H groups in total. The van der Waals surface area contributed by atoms with Crippen LogP contribution in [0.3, 0.4) is 0 Å². The summed E-state index contributed by atoms with van der Waals surface area (Å²) in [5, 5.41) is 0. The molecule has 1 aliphatic carbocycles. The van der Waals surface area contributed by atoms with Gasteiger partial charge in [-0.05, 0) is 31.0 Å². The summed E-state index contributed by atoms with van der Waals surface area (Å²) in [7, 11) is 0. The lowest BCUT2D eigenvalue weighted by Gasteiger charge is -2.19. The highest BCUT2D eigenvalue weighted by atomic mass is 79.9. The molecule has 0 amide bonds. The maximum absolute atomic E-state index is 5.61. The van der Waals surface area contributed by atoms with Gasteiger partial charge in [0.15, 0.2) is 0 Å². The topological polar surface area (TPSA) is 50.4 Å². The fourth-order valence-corrected chi connectivity index (χ4v) is 3.57. The number of hydrazine groups is 1. The number of aliphatic imine (C=N–C) groups is 1. The summed E-state index contributed by atoms with van der Waals surface area (Å²) in [5.41, 5.74) is 3.73. The van der Waals surface area contributed by atoms with E-state index in [2.05, 4.69) is 37.3 Å². The van der Waals surface area contributed by atoms with Crippen LogP contribution in [0.25, 0.3) is 0 Å². The predicted octanol–water partition coefficient (Wildman–Crippen LogP) is 3.75. The summed E-state index contributed by atoms with van der Waals surface area (Å²) in [6, 6.07) is 6.44. The molecule has 1 aliphatic rings. The number of nitrogens with zero attached hydrogens (tertiary/aromatic N) is 1. The minimum absolute atomic E-state index is 0.405. The Morgan fingerprint density at radius 1 is 1.11 bits per heavy atom. The Morgan fingerprint density at radius 3 is 2.28 bits per heavy atom. The second-order valence-corrected chi connectivity index (χ2v) is 6.40. The van der Waals surface area contributed by atoms with Crippen LogP contribution in [0.5, 0.6) is 0 Å². The van der Waals surface area contributed by atoms with Crippen molar-refractivity contribution >= 4 is 37.7 Å². The molecule has 0 heterocycles. The van der Waals surface area contributed by atoms with Crippen molar-refractivity contribution in [2.24, 2.45) is 10.8 Å². The Balaban J connectivity index is 2.23. The van der Waals surface area contributed by atoms with Crippen molar-refractivity contribution in [1.29, 1.82) is 0 Å². The molecule has 0 atom stereocenters. The van der Waals surface area contributed by atoms with Gasteiger partial charge < -0.3 is 5.43 Å². The predicted molar refractivity (Wildman–Crippen MR) is 82.6 cm³/mol. The smallest absolute Gasteiger partial charge is 0.142 e. The molecule has 18 heavy (non-hydrogen) atoms. The summed E-state index contributed by atoms with van der Waals surface area (Å²) < 4.78 is 2.02. The maximum Gasteiger partial charge on any atom is 0.142 e. The van der Waals surface area contributed by atoms with Crippen LogP contribution in [0.15, 0.2) is 32.1 Å². The molecule has 0 radical (unpaired) electrons. The summed E-state index contributed by atoms with van der Waals surface area (Å²) in [6.45, 7) is 0. The number of amidine groups is 1. The van der Waals surface area contributed by atoms with Gasteiger partial charge in [-0.1, -0.05) is 51.1 Å². The SMILES string of the molecule is NNC(=NC1CCCCC1)c1cc(Br)cc(Br)c1. The first-order valence-electron chi connectivity index (χ1n) is 6.20. The first kappa shape index (κ1) is 14.0. The summed E-state index contributed by atoms with van der Waals surface area (Å²) in [6.07, 6.45) is 6.21. The first-order chi connectivity index (χ1) is 8.69. The highest BCUT2D eigenvalue weighted by Gasteiger charge is 2.14. The molecule has 0 saturated heterocycles. The minimum atomic E-state index is 0.405. The fraction of sp³-hybridized carbons (Fsp3) is 0.462. The maximum atomic E-state index is 5.61. The minimum Gasteiger partial charge on any atom is -0.308 e. The normalized spacial score (nSPS) is 17.8. The van der Waals surface area contributed by atoms with E-state index >= 15 is 0 Å². The standard InChI is InChI=1S/C13H17Br2N3/c14-10-6-9(7-11(15)8-10)13(18-16)17-12-4-2-1-3-5-12/h6-8,12H,1-5,16H2,(H,17,18). The van der Waals surface area contributed by atoms with E-state index in [1.165, 1.54) is 32.1 Å². The van der Waals surface area contributed by atoms with Crippen LogP contribution in [0.2, 0.25) is 0 Å². The Hall–Kier alpha value is -0.390. The van der Waals surface area contributed by atoms with Crippen LogP contribution in [-0.2, 0) is 0 Å². The second kappa shape index (κ2) is 6.68. The van der Waals surface area contributed by atoms with E-state index in [1.54, 1.807) is 0 Å². The van der Waals surface area contributed by atoms with Crippen molar-refractivity contribution in [3.63, 3.8) is 0 Å². The van der Waals surface area contributed by atoms with Gasteiger partial charge in [0.25, 0.3) is 0 Å². The number of hydrogen-bond donors (Lipinski definition) is 2. The van der Waals surface area contributed by atoms with Gasteiger partial charge in [0.1, 0.15) is 5.84 Å². The zero-order valence-electron chi connectivity index (χ0n) is 10.1. The van der Waals surface area contributed by atoms with Crippen LogP contribution in [0, 0.1) is 0 Å². The van der Waals surface area contributed by atoms with Crippen molar-refractivity contribution in [3.05, 3.63) is 32.7 Å². The van der Waals surface area contributed by atoms with Gasteiger partial charge in [-0.15, -0.1) is 0 Å². The van der Waals surface area contributed by atoms with E-state index < -0.39 is 0 Å². The molecule has 0 unspecified atom stereocenters. The van der Waals surface area contributed by atoms with E-state index in [-0.39, 0.29) is 0 Å². The molecule has 5 heteroatoms. The lowest BCUT2D eigenvalue weighted by Crippen LogP contribution is -2.32. The Kier molecular flexibility index (Phi) is 5.21. The average Bonchev–Trinajstić information content (AvgIpc) is 2.36. The van der Waals surface area contributed by atoms with Crippen LogP contribution < -0.4 is 11.3 Å². The van der Waals surface area contributed by atoms with Crippen molar-refractivity contribution in [3.8, 4) is 0 Å². The van der Waals surface area contributed by atoms with Gasteiger partial charge >= 0.3 is 0 Å².